The first-order valence-electron chi connectivity index (χ1n) is 9.21. The van der Waals surface area contributed by atoms with Gasteiger partial charge in [-0.3, -0.25) is 4.55 Å². The molecule has 34 heavy (non-hydrogen) atoms. The summed E-state index contributed by atoms with van der Waals surface area (Å²) < 4.78 is 101. The normalized spacial score (nSPS) is 13.6. The molecule has 3 aromatic carbocycles. The van der Waals surface area contributed by atoms with E-state index >= 15 is 0 Å². The minimum atomic E-state index is -6.42. The van der Waals surface area contributed by atoms with Crippen LogP contribution in [0.3, 0.4) is 0 Å². The maximum absolute atomic E-state index is 13.8. The lowest BCUT2D eigenvalue weighted by molar-refractivity contribution is -0.239. The van der Waals surface area contributed by atoms with Gasteiger partial charge in [-0.15, -0.1) is 0 Å². The van der Waals surface area contributed by atoms with Gasteiger partial charge in [-0.2, -0.15) is 30.4 Å². The molecular weight excluding hydrogens is 507 g/mol. The van der Waals surface area contributed by atoms with Gasteiger partial charge in [0.25, 0.3) is 6.10 Å². The van der Waals surface area contributed by atoms with Crippen LogP contribution in [-0.4, -0.2) is 40.7 Å². The van der Waals surface area contributed by atoms with E-state index in [2.05, 4.69) is 4.74 Å². The van der Waals surface area contributed by atoms with Crippen molar-refractivity contribution in [2.75, 3.05) is 0 Å². The fraction of sp³-hybridized carbons (Fsp3) is 0.143. The molecule has 0 radical (unpaired) electrons. The fourth-order valence-corrected chi connectivity index (χ4v) is 5.32. The molecule has 0 amide bonds. The molecule has 0 aliphatic rings. The van der Waals surface area contributed by atoms with Crippen LogP contribution in [0.25, 0.3) is 0 Å². The Morgan fingerprint density at radius 3 is 1.38 bits per heavy atom. The highest BCUT2D eigenvalue weighted by atomic mass is 32.2. The Morgan fingerprint density at radius 2 is 1.06 bits per heavy atom. The second kappa shape index (κ2) is 9.31. The average Bonchev–Trinajstić information content (AvgIpc) is 2.74. The third kappa shape index (κ3) is 5.54. The van der Waals surface area contributed by atoms with Crippen molar-refractivity contribution >= 4 is 21.0 Å². The standard InChI is InChI=1S/C21H15F5O6S2/c22-20(23,24)19(21(25,26)34(29,30)31)32-15-5-11-18(12-6-15)33(16-7-1-13(27)2-8-16)17-9-3-14(28)4-10-17/h1-12,19H,(H2-,27,28,29,30,31)/p+1. The van der Waals surface area contributed by atoms with Crippen molar-refractivity contribution in [1.29, 1.82) is 0 Å². The summed E-state index contributed by atoms with van der Waals surface area (Å²) >= 11 is 0. The Balaban J connectivity index is 1.99. The minimum Gasteiger partial charge on any atom is -0.508 e. The highest BCUT2D eigenvalue weighted by Gasteiger charge is 2.65. The molecule has 0 aromatic heterocycles. The Morgan fingerprint density at radius 1 is 0.706 bits per heavy atom. The number of rotatable bonds is 7. The molecule has 6 nitrogen and oxygen atoms in total. The van der Waals surface area contributed by atoms with Gasteiger partial charge in [0, 0.05) is 0 Å². The lowest BCUT2D eigenvalue weighted by atomic mass is 10.3. The van der Waals surface area contributed by atoms with Gasteiger partial charge < -0.3 is 14.9 Å². The first kappa shape index (κ1) is 25.6. The van der Waals surface area contributed by atoms with Gasteiger partial charge in [0.1, 0.15) is 17.2 Å². The zero-order valence-corrected chi connectivity index (χ0v) is 18.4. The molecule has 0 heterocycles. The minimum absolute atomic E-state index is 0.000268. The van der Waals surface area contributed by atoms with E-state index in [0.29, 0.717) is 14.7 Å². The SMILES string of the molecule is O=S(=O)(O)C(F)(F)C(Oc1ccc([S+](c2ccc(O)cc2)c2ccc(O)cc2)cc1)C(F)(F)F. The van der Waals surface area contributed by atoms with Crippen molar-refractivity contribution in [2.45, 2.75) is 32.2 Å². The summed E-state index contributed by atoms with van der Waals surface area (Å²) in [6, 6.07) is 16.7. The van der Waals surface area contributed by atoms with Crippen molar-refractivity contribution in [2.24, 2.45) is 0 Å². The van der Waals surface area contributed by atoms with Crippen LogP contribution in [0, 0.1) is 0 Å². The van der Waals surface area contributed by atoms with Gasteiger partial charge in [-0.1, -0.05) is 0 Å². The molecule has 0 saturated heterocycles. The maximum atomic E-state index is 13.8. The summed E-state index contributed by atoms with van der Waals surface area (Å²) in [5.74, 6) is -0.714. The topological polar surface area (TPSA) is 104 Å². The molecule has 0 saturated carbocycles. The highest BCUT2D eigenvalue weighted by Crippen LogP contribution is 2.39. The van der Waals surface area contributed by atoms with Crippen LogP contribution in [0.5, 0.6) is 17.2 Å². The van der Waals surface area contributed by atoms with Gasteiger partial charge >= 0.3 is 21.5 Å². The van der Waals surface area contributed by atoms with Crippen LogP contribution in [-0.2, 0) is 21.0 Å². The number of aromatic hydroxyl groups is 2. The predicted molar refractivity (Wildman–Crippen MR) is 112 cm³/mol. The first-order valence-corrected chi connectivity index (χ1v) is 11.9. The fourth-order valence-electron chi connectivity index (χ4n) is 2.82. The third-order valence-electron chi connectivity index (χ3n) is 4.40. The molecule has 0 spiro atoms. The summed E-state index contributed by atoms with van der Waals surface area (Å²) in [7, 11) is -7.31. The number of phenolic OH excluding ortho intramolecular Hbond substituents is 2. The van der Waals surface area contributed by atoms with Gasteiger partial charge in [0.2, 0.25) is 0 Å². The van der Waals surface area contributed by atoms with Gasteiger partial charge in [0.05, 0.1) is 10.9 Å². The van der Waals surface area contributed by atoms with Crippen molar-refractivity contribution in [3.05, 3.63) is 72.8 Å². The van der Waals surface area contributed by atoms with E-state index in [-0.39, 0.29) is 11.5 Å². The quantitative estimate of drug-likeness (QED) is 0.229. The molecular formula is C21H16F5O6S2+. The highest BCUT2D eigenvalue weighted by molar-refractivity contribution is 7.97. The van der Waals surface area contributed by atoms with E-state index in [1.165, 1.54) is 36.4 Å². The summed E-state index contributed by atoms with van der Waals surface area (Å²) in [6.45, 7) is 0. The number of phenols is 2. The van der Waals surface area contributed by atoms with E-state index in [0.717, 1.165) is 12.1 Å². The molecule has 13 heteroatoms. The Labute approximate surface area is 193 Å². The van der Waals surface area contributed by atoms with Gasteiger partial charge in [0.15, 0.2) is 14.7 Å². The molecule has 1 unspecified atom stereocenters. The van der Waals surface area contributed by atoms with Gasteiger partial charge in [-0.05, 0) is 72.8 Å². The van der Waals surface area contributed by atoms with Crippen LogP contribution >= 0.6 is 0 Å². The Bertz CT molecular complexity index is 1180. The second-order valence-electron chi connectivity index (χ2n) is 6.84. The van der Waals surface area contributed by atoms with Crippen molar-refractivity contribution in [3.8, 4) is 17.2 Å². The lowest BCUT2D eigenvalue weighted by Gasteiger charge is -2.26. The summed E-state index contributed by atoms with van der Waals surface area (Å²) in [5, 5.41) is 13.5. The maximum Gasteiger partial charge on any atom is 0.432 e. The first-order chi connectivity index (χ1) is 15.7. The monoisotopic (exact) mass is 523 g/mol. The molecule has 182 valence electrons. The number of hydrogen-bond acceptors (Lipinski definition) is 5. The number of halogens is 5. The predicted octanol–water partition coefficient (Wildman–Crippen LogP) is 4.98. The molecule has 1 atom stereocenters. The van der Waals surface area contributed by atoms with E-state index in [1.54, 1.807) is 24.3 Å². The number of alkyl halides is 5. The lowest BCUT2D eigenvalue weighted by Crippen LogP contribution is -2.53. The third-order valence-corrected chi connectivity index (χ3v) is 7.54. The molecule has 0 bridgehead atoms. The van der Waals surface area contributed by atoms with Crippen molar-refractivity contribution in [1.82, 2.24) is 0 Å². The summed E-state index contributed by atoms with van der Waals surface area (Å²) in [4.78, 5) is 1.88. The Kier molecular flexibility index (Phi) is 7.01. The van der Waals surface area contributed by atoms with E-state index in [4.69, 9.17) is 4.55 Å². The average molecular weight is 523 g/mol. The number of ether oxygens (including phenoxy) is 1. The van der Waals surface area contributed by atoms with Crippen LogP contribution in [0.2, 0.25) is 0 Å². The molecule has 0 fully saturated rings. The van der Waals surface area contributed by atoms with Crippen molar-refractivity contribution in [3.63, 3.8) is 0 Å². The van der Waals surface area contributed by atoms with Crippen LogP contribution in [0.4, 0.5) is 22.0 Å². The summed E-state index contributed by atoms with van der Waals surface area (Å²) in [6.07, 6.45) is -9.96. The number of benzene rings is 3. The van der Waals surface area contributed by atoms with E-state index in [9.17, 15) is 40.6 Å². The number of hydrogen-bond donors (Lipinski definition) is 3. The van der Waals surface area contributed by atoms with E-state index < -0.39 is 44.3 Å². The zero-order chi connectivity index (χ0) is 25.3. The van der Waals surface area contributed by atoms with Gasteiger partial charge in [-0.25, -0.2) is 0 Å². The molecule has 0 aliphatic carbocycles. The zero-order valence-electron chi connectivity index (χ0n) is 16.8. The van der Waals surface area contributed by atoms with Crippen LogP contribution in [0.1, 0.15) is 0 Å². The molecule has 3 aromatic rings. The molecule has 3 N–H and O–H groups in total. The van der Waals surface area contributed by atoms with E-state index in [1.807, 2.05) is 0 Å². The largest absolute Gasteiger partial charge is 0.508 e. The molecule has 3 rings (SSSR count). The smallest absolute Gasteiger partial charge is 0.432 e. The van der Waals surface area contributed by atoms with Crippen LogP contribution in [0.15, 0.2) is 87.5 Å². The van der Waals surface area contributed by atoms with Crippen molar-refractivity contribution < 1.29 is 49.9 Å². The molecule has 0 aliphatic heterocycles. The second-order valence-corrected chi connectivity index (χ2v) is 10.4. The van der Waals surface area contributed by atoms with Crippen LogP contribution < -0.4 is 4.74 Å². The Hall–Kier alpha value is -3.03. The summed E-state index contributed by atoms with van der Waals surface area (Å²) in [5.41, 5.74) is 0.